The lowest BCUT2D eigenvalue weighted by Gasteiger charge is -2.11. The second kappa shape index (κ2) is 9.09. The number of anilines is 1. The number of hydrogen-bond acceptors (Lipinski definition) is 6. The average molecular weight is 429 g/mol. The number of nitrogens with zero attached hydrogens (tertiary/aromatic N) is 3. The molecule has 4 rings (SSSR count). The second-order valence-corrected chi connectivity index (χ2v) is 6.91. The lowest BCUT2D eigenvalue weighted by Crippen LogP contribution is -2.02. The topological polar surface area (TPSA) is 88.3 Å². The summed E-state index contributed by atoms with van der Waals surface area (Å²) >= 11 is 0. The van der Waals surface area contributed by atoms with E-state index in [4.69, 9.17) is 19.7 Å². The van der Waals surface area contributed by atoms with Crippen LogP contribution in [-0.2, 0) is 13.5 Å². The Morgan fingerprint density at radius 3 is 2.60 bits per heavy atom. The summed E-state index contributed by atoms with van der Waals surface area (Å²) in [6.45, 7) is 2.38. The van der Waals surface area contributed by atoms with Crippen LogP contribution in [0.1, 0.15) is 17.8 Å². The first-order valence-electron chi connectivity index (χ1n) is 9.51. The van der Waals surface area contributed by atoms with Crippen molar-refractivity contribution in [1.29, 1.82) is 0 Å². The van der Waals surface area contributed by atoms with Gasteiger partial charge in [0.05, 0.1) is 19.2 Å². The third kappa shape index (κ3) is 4.07. The monoisotopic (exact) mass is 428 g/mol. The molecule has 0 saturated carbocycles. The molecule has 0 fully saturated rings. The molecule has 30 heavy (non-hydrogen) atoms. The summed E-state index contributed by atoms with van der Waals surface area (Å²) in [5, 5.41) is 4.84. The minimum atomic E-state index is 0. The Morgan fingerprint density at radius 1 is 1.13 bits per heavy atom. The molecule has 7 nitrogen and oxygen atoms in total. The zero-order chi connectivity index (χ0) is 20.4. The molecule has 0 aliphatic heterocycles. The number of ether oxygens (including phenoxy) is 2. The minimum Gasteiger partial charge on any atom is -0.495 e. The highest BCUT2D eigenvalue weighted by molar-refractivity contribution is 5.95. The first kappa shape index (κ1) is 21.5. The molecule has 0 spiro atoms. The fourth-order valence-corrected chi connectivity index (χ4v) is 3.51. The molecule has 2 aromatic heterocycles. The predicted octanol–water partition coefficient (Wildman–Crippen LogP) is 4.56. The maximum atomic E-state index is 6.11. The average Bonchev–Trinajstić information content (AvgIpc) is 3.30. The van der Waals surface area contributed by atoms with E-state index >= 15 is 0 Å². The molecule has 8 heteroatoms. The van der Waals surface area contributed by atoms with E-state index in [9.17, 15) is 0 Å². The summed E-state index contributed by atoms with van der Waals surface area (Å²) in [6.07, 6.45) is 1.73. The molecule has 0 atom stereocenters. The van der Waals surface area contributed by atoms with Crippen molar-refractivity contribution in [3.63, 3.8) is 0 Å². The molecule has 0 aliphatic rings. The van der Waals surface area contributed by atoms with Gasteiger partial charge in [-0.15, -0.1) is 12.4 Å². The lowest BCUT2D eigenvalue weighted by atomic mass is 10.1. The molecular weight excluding hydrogens is 404 g/mol. The first-order valence-corrected chi connectivity index (χ1v) is 9.51. The van der Waals surface area contributed by atoms with Gasteiger partial charge >= 0.3 is 0 Å². The summed E-state index contributed by atoms with van der Waals surface area (Å²) in [6, 6.07) is 13.8. The molecule has 0 amide bonds. The fraction of sp³-hybridized carbons (Fsp3) is 0.273. The molecule has 0 unspecified atom stereocenters. The highest BCUT2D eigenvalue weighted by Gasteiger charge is 2.19. The molecule has 0 radical (unpaired) electrons. The smallest absolute Gasteiger partial charge is 0.274 e. The van der Waals surface area contributed by atoms with Crippen LogP contribution in [0, 0.1) is 6.92 Å². The molecule has 0 aliphatic carbocycles. The van der Waals surface area contributed by atoms with Crippen molar-refractivity contribution in [3.05, 3.63) is 53.9 Å². The van der Waals surface area contributed by atoms with Gasteiger partial charge in [0, 0.05) is 18.1 Å². The van der Waals surface area contributed by atoms with Gasteiger partial charge in [0.15, 0.2) is 5.82 Å². The lowest BCUT2D eigenvalue weighted by molar-refractivity contribution is 0.314. The number of aryl methyl sites for hydroxylation is 3. The van der Waals surface area contributed by atoms with E-state index in [-0.39, 0.29) is 12.4 Å². The van der Waals surface area contributed by atoms with Crippen molar-refractivity contribution in [1.82, 2.24) is 14.7 Å². The highest BCUT2D eigenvalue weighted by atomic mass is 35.5. The summed E-state index contributed by atoms with van der Waals surface area (Å²) in [5.74, 6) is 2.61. The van der Waals surface area contributed by atoms with Crippen molar-refractivity contribution in [2.45, 2.75) is 19.8 Å². The highest BCUT2D eigenvalue weighted by Crippen LogP contribution is 2.38. The Hall–Kier alpha value is -3.19. The van der Waals surface area contributed by atoms with E-state index in [1.807, 2.05) is 48.0 Å². The Labute approximate surface area is 181 Å². The maximum Gasteiger partial charge on any atom is 0.274 e. The van der Waals surface area contributed by atoms with E-state index in [0.29, 0.717) is 18.3 Å². The molecule has 158 valence electrons. The van der Waals surface area contributed by atoms with Crippen molar-refractivity contribution in [3.8, 4) is 23.1 Å². The maximum absolute atomic E-state index is 6.11. The van der Waals surface area contributed by atoms with Gasteiger partial charge in [-0.05, 0) is 49.6 Å². The van der Waals surface area contributed by atoms with Gasteiger partial charge in [0.25, 0.3) is 5.89 Å². The zero-order valence-electron chi connectivity index (χ0n) is 17.2. The summed E-state index contributed by atoms with van der Waals surface area (Å²) in [5.41, 5.74) is 9.72. The number of aromatic nitrogens is 3. The second-order valence-electron chi connectivity index (χ2n) is 6.91. The van der Waals surface area contributed by atoms with Crippen LogP contribution in [0.3, 0.4) is 0 Å². The number of methoxy groups -OCH3 is 1. The number of fused-ring (bicyclic) bond motifs is 1. The normalized spacial score (nSPS) is 10.8. The number of halogens is 1. The summed E-state index contributed by atoms with van der Waals surface area (Å²) in [7, 11) is 3.60. The van der Waals surface area contributed by atoms with Gasteiger partial charge in [-0.25, -0.2) is 0 Å². The summed E-state index contributed by atoms with van der Waals surface area (Å²) < 4.78 is 19.0. The van der Waals surface area contributed by atoms with E-state index in [1.165, 1.54) is 0 Å². The van der Waals surface area contributed by atoms with Gasteiger partial charge < -0.3 is 24.3 Å². The molecule has 2 heterocycles. The van der Waals surface area contributed by atoms with E-state index < -0.39 is 0 Å². The van der Waals surface area contributed by atoms with Crippen molar-refractivity contribution in [2.24, 2.45) is 7.05 Å². The molecular formula is C22H25ClN4O3. The standard InChI is InChI=1S/C22H24N4O3.ClH/c1-14-24-22(29-25-14)18-13-16-19(10-11-20(27-3)21(16)26(18)2)28-12-6-8-15-7-4-5-9-17(15)23;/h4-5,7,9-11,13H,6,8,12,23H2,1-3H3;1H. The third-order valence-electron chi connectivity index (χ3n) is 4.99. The van der Waals surface area contributed by atoms with Crippen LogP contribution >= 0.6 is 12.4 Å². The van der Waals surface area contributed by atoms with Crippen LogP contribution < -0.4 is 15.2 Å². The van der Waals surface area contributed by atoms with Crippen LogP contribution in [-0.4, -0.2) is 28.4 Å². The van der Waals surface area contributed by atoms with Crippen LogP contribution in [0.15, 0.2) is 47.0 Å². The third-order valence-corrected chi connectivity index (χ3v) is 4.99. The Balaban J connectivity index is 0.00000256. The van der Waals surface area contributed by atoms with Crippen LogP contribution in [0.25, 0.3) is 22.5 Å². The van der Waals surface area contributed by atoms with Crippen molar-refractivity contribution in [2.75, 3.05) is 19.5 Å². The van der Waals surface area contributed by atoms with Crippen LogP contribution in [0.4, 0.5) is 5.69 Å². The molecule has 2 N–H and O–H groups in total. The number of nitrogen functional groups attached to an aromatic ring is 1. The van der Waals surface area contributed by atoms with Crippen LogP contribution in [0.5, 0.6) is 11.5 Å². The molecule has 0 bridgehead atoms. The van der Waals surface area contributed by atoms with Gasteiger partial charge in [-0.1, -0.05) is 23.4 Å². The van der Waals surface area contributed by atoms with E-state index in [0.717, 1.165) is 52.2 Å². The predicted molar refractivity (Wildman–Crippen MR) is 119 cm³/mol. The van der Waals surface area contributed by atoms with Gasteiger partial charge in [0.2, 0.25) is 0 Å². The largest absolute Gasteiger partial charge is 0.495 e. The zero-order valence-corrected chi connectivity index (χ0v) is 18.0. The van der Waals surface area contributed by atoms with Gasteiger partial charge in [0.1, 0.15) is 17.2 Å². The minimum absolute atomic E-state index is 0. The quantitative estimate of drug-likeness (QED) is 0.343. The van der Waals surface area contributed by atoms with Crippen molar-refractivity contribution >= 4 is 29.0 Å². The van der Waals surface area contributed by atoms with Gasteiger partial charge in [-0.3, -0.25) is 0 Å². The van der Waals surface area contributed by atoms with E-state index in [1.54, 1.807) is 14.0 Å². The fourth-order valence-electron chi connectivity index (χ4n) is 3.51. The van der Waals surface area contributed by atoms with Crippen LogP contribution in [0.2, 0.25) is 0 Å². The number of para-hydroxylation sites is 1. The SMILES string of the molecule is COc1ccc(OCCCc2ccccc2N)c2cc(-c3nc(C)no3)n(C)c12.Cl. The molecule has 2 aromatic carbocycles. The molecule has 0 saturated heterocycles. The van der Waals surface area contributed by atoms with E-state index in [2.05, 4.69) is 16.2 Å². The Kier molecular flexibility index (Phi) is 6.52. The number of benzene rings is 2. The number of nitrogens with two attached hydrogens (primary N) is 1. The van der Waals surface area contributed by atoms with Gasteiger partial charge in [-0.2, -0.15) is 4.98 Å². The number of hydrogen-bond donors (Lipinski definition) is 1. The first-order chi connectivity index (χ1) is 14.1. The Morgan fingerprint density at radius 2 is 1.90 bits per heavy atom. The molecule has 4 aromatic rings. The van der Waals surface area contributed by atoms with Crippen molar-refractivity contribution < 1.29 is 14.0 Å². The Bertz CT molecular complexity index is 1150. The number of rotatable bonds is 7. The summed E-state index contributed by atoms with van der Waals surface area (Å²) in [4.78, 5) is 4.35.